The molecule has 1 saturated heterocycles. The van der Waals surface area contributed by atoms with Gasteiger partial charge >= 0.3 is 0 Å². The molecule has 2 unspecified atom stereocenters. The molecule has 0 saturated carbocycles. The Morgan fingerprint density at radius 3 is 3.05 bits per heavy atom. The van der Waals surface area contributed by atoms with Gasteiger partial charge in [-0.2, -0.15) is 0 Å². The normalized spacial score (nSPS) is 18.9. The fourth-order valence-electron chi connectivity index (χ4n) is 2.42. The molecule has 0 radical (unpaired) electrons. The summed E-state index contributed by atoms with van der Waals surface area (Å²) in [5.74, 6) is 1.28. The molecule has 0 aliphatic carbocycles. The minimum absolute atomic E-state index is 0.00755. The number of nitrogens with one attached hydrogen (secondary N) is 2. The van der Waals surface area contributed by atoms with Gasteiger partial charge in [0.05, 0.1) is 4.47 Å². The van der Waals surface area contributed by atoms with Gasteiger partial charge in [-0.15, -0.1) is 0 Å². The molecule has 1 amide bonds. The van der Waals surface area contributed by atoms with Crippen molar-refractivity contribution in [3.05, 3.63) is 28.7 Å². The summed E-state index contributed by atoms with van der Waals surface area (Å²) in [6.45, 7) is 2.43. The molecule has 5 nitrogen and oxygen atoms in total. The van der Waals surface area contributed by atoms with Crippen LogP contribution in [0.3, 0.4) is 0 Å². The first kappa shape index (κ1) is 17.2. The van der Waals surface area contributed by atoms with E-state index in [0.29, 0.717) is 18.1 Å². The van der Waals surface area contributed by atoms with Crippen molar-refractivity contribution in [2.45, 2.75) is 25.4 Å². The molecule has 1 aliphatic heterocycles. The lowest BCUT2D eigenvalue weighted by atomic mass is 10.0. The fraction of sp³-hybridized carbons (Fsp3) is 0.562. The number of benzene rings is 1. The van der Waals surface area contributed by atoms with E-state index in [2.05, 4.69) is 26.6 Å². The van der Waals surface area contributed by atoms with Crippen LogP contribution in [0.15, 0.2) is 28.7 Å². The van der Waals surface area contributed by atoms with Gasteiger partial charge in [-0.3, -0.25) is 4.79 Å². The Labute approximate surface area is 139 Å². The van der Waals surface area contributed by atoms with E-state index in [1.54, 1.807) is 0 Å². The Morgan fingerprint density at radius 1 is 1.50 bits per heavy atom. The third-order valence-electron chi connectivity index (χ3n) is 3.74. The molecule has 1 aromatic carbocycles. The van der Waals surface area contributed by atoms with Crippen LogP contribution in [0.4, 0.5) is 0 Å². The second-order valence-electron chi connectivity index (χ2n) is 5.60. The first-order chi connectivity index (χ1) is 10.6. The predicted molar refractivity (Wildman–Crippen MR) is 88.9 cm³/mol. The van der Waals surface area contributed by atoms with Crippen LogP contribution < -0.4 is 15.4 Å². The van der Waals surface area contributed by atoms with Crippen molar-refractivity contribution in [3.63, 3.8) is 0 Å². The van der Waals surface area contributed by atoms with Crippen molar-refractivity contribution in [1.29, 1.82) is 0 Å². The zero-order chi connectivity index (χ0) is 15.8. The van der Waals surface area contributed by atoms with E-state index < -0.39 is 6.10 Å². The van der Waals surface area contributed by atoms with Gasteiger partial charge in [0.25, 0.3) is 0 Å². The molecule has 122 valence electrons. The summed E-state index contributed by atoms with van der Waals surface area (Å²) < 4.78 is 6.36. The van der Waals surface area contributed by atoms with Crippen molar-refractivity contribution in [3.8, 4) is 5.75 Å². The summed E-state index contributed by atoms with van der Waals surface area (Å²) >= 11 is 3.38. The average molecular weight is 371 g/mol. The fourth-order valence-corrected chi connectivity index (χ4v) is 2.82. The lowest BCUT2D eigenvalue weighted by Crippen LogP contribution is -2.35. The van der Waals surface area contributed by atoms with Gasteiger partial charge in [0.15, 0.2) is 0 Å². The number of aliphatic hydroxyl groups is 1. The summed E-state index contributed by atoms with van der Waals surface area (Å²) in [4.78, 5) is 11.7. The molecule has 22 heavy (non-hydrogen) atoms. The molecule has 1 heterocycles. The molecule has 2 rings (SSSR count). The van der Waals surface area contributed by atoms with Crippen LogP contribution in [0.5, 0.6) is 5.75 Å². The number of para-hydroxylation sites is 1. The quantitative estimate of drug-likeness (QED) is 0.651. The maximum absolute atomic E-state index is 11.7. The maximum Gasteiger partial charge on any atom is 0.220 e. The minimum Gasteiger partial charge on any atom is -0.490 e. The summed E-state index contributed by atoms with van der Waals surface area (Å²) in [6, 6.07) is 7.46. The Hall–Kier alpha value is -1.11. The van der Waals surface area contributed by atoms with Gasteiger partial charge < -0.3 is 20.5 Å². The number of aliphatic hydroxyl groups excluding tert-OH is 1. The van der Waals surface area contributed by atoms with Crippen molar-refractivity contribution in [2.75, 3.05) is 26.2 Å². The highest BCUT2D eigenvalue weighted by molar-refractivity contribution is 9.10. The molecular weight excluding hydrogens is 348 g/mol. The molecule has 1 fully saturated rings. The van der Waals surface area contributed by atoms with Crippen molar-refractivity contribution < 1.29 is 14.6 Å². The van der Waals surface area contributed by atoms with Gasteiger partial charge in [0.1, 0.15) is 18.5 Å². The first-order valence-electron chi connectivity index (χ1n) is 7.68. The molecule has 0 spiro atoms. The number of hydrogen-bond donors (Lipinski definition) is 3. The van der Waals surface area contributed by atoms with E-state index in [9.17, 15) is 9.90 Å². The van der Waals surface area contributed by atoms with Crippen molar-refractivity contribution in [1.82, 2.24) is 10.6 Å². The van der Waals surface area contributed by atoms with Gasteiger partial charge in [-0.05, 0) is 59.9 Å². The third-order valence-corrected chi connectivity index (χ3v) is 4.40. The lowest BCUT2D eigenvalue weighted by molar-refractivity contribution is -0.121. The van der Waals surface area contributed by atoms with Gasteiger partial charge in [-0.25, -0.2) is 0 Å². The topological polar surface area (TPSA) is 70.6 Å². The van der Waals surface area contributed by atoms with Gasteiger partial charge in [-0.1, -0.05) is 12.1 Å². The highest BCUT2D eigenvalue weighted by atomic mass is 79.9. The highest BCUT2D eigenvalue weighted by Crippen LogP contribution is 2.23. The SMILES string of the molecule is O=C(CCC1CCNC1)NCC(O)COc1ccccc1Br. The van der Waals surface area contributed by atoms with Gasteiger partial charge in [0.2, 0.25) is 5.91 Å². The maximum atomic E-state index is 11.7. The highest BCUT2D eigenvalue weighted by Gasteiger charge is 2.16. The first-order valence-corrected chi connectivity index (χ1v) is 8.47. The monoisotopic (exact) mass is 370 g/mol. The Morgan fingerprint density at radius 2 is 2.32 bits per heavy atom. The zero-order valence-electron chi connectivity index (χ0n) is 12.6. The van der Waals surface area contributed by atoms with Crippen LogP contribution >= 0.6 is 15.9 Å². The second-order valence-corrected chi connectivity index (χ2v) is 6.45. The predicted octanol–water partition coefficient (Wildman–Crippen LogP) is 1.69. The smallest absolute Gasteiger partial charge is 0.220 e. The molecule has 0 aromatic heterocycles. The van der Waals surface area contributed by atoms with Crippen molar-refractivity contribution >= 4 is 21.8 Å². The van der Waals surface area contributed by atoms with Crippen LogP contribution in [0.25, 0.3) is 0 Å². The van der Waals surface area contributed by atoms with Gasteiger partial charge in [0, 0.05) is 13.0 Å². The summed E-state index contributed by atoms with van der Waals surface area (Å²) in [5.41, 5.74) is 0. The Kier molecular flexibility index (Phi) is 7.15. The summed E-state index contributed by atoms with van der Waals surface area (Å²) in [6.07, 6.45) is 1.85. The number of carbonyl (C=O) groups excluding carboxylic acids is 1. The Balaban J connectivity index is 1.59. The largest absolute Gasteiger partial charge is 0.490 e. The van der Waals surface area contributed by atoms with Crippen LogP contribution in [0, 0.1) is 5.92 Å². The molecule has 2 atom stereocenters. The third kappa shape index (κ3) is 5.94. The molecule has 1 aliphatic rings. The number of ether oxygens (including phenoxy) is 1. The number of rotatable bonds is 8. The number of amides is 1. The van der Waals surface area contributed by atoms with E-state index in [1.165, 1.54) is 0 Å². The number of halogens is 1. The van der Waals surface area contributed by atoms with E-state index in [1.807, 2.05) is 24.3 Å². The molecular formula is C16H23BrN2O3. The molecule has 0 bridgehead atoms. The zero-order valence-corrected chi connectivity index (χ0v) is 14.1. The Bertz CT molecular complexity index is 478. The van der Waals surface area contributed by atoms with E-state index >= 15 is 0 Å². The van der Waals surface area contributed by atoms with Crippen LogP contribution in [-0.2, 0) is 4.79 Å². The minimum atomic E-state index is -0.718. The van der Waals surface area contributed by atoms with Crippen LogP contribution in [0.1, 0.15) is 19.3 Å². The second kappa shape index (κ2) is 9.12. The van der Waals surface area contributed by atoms with Crippen LogP contribution in [0.2, 0.25) is 0 Å². The number of carbonyl (C=O) groups is 1. The molecule has 6 heteroatoms. The summed E-state index contributed by atoms with van der Waals surface area (Å²) in [7, 11) is 0. The number of hydrogen-bond acceptors (Lipinski definition) is 4. The van der Waals surface area contributed by atoms with E-state index in [4.69, 9.17) is 4.74 Å². The lowest BCUT2D eigenvalue weighted by Gasteiger charge is -2.14. The average Bonchev–Trinajstić information content (AvgIpc) is 3.03. The summed E-state index contributed by atoms with van der Waals surface area (Å²) in [5, 5.41) is 15.9. The molecule has 3 N–H and O–H groups in total. The van der Waals surface area contributed by atoms with Crippen LogP contribution in [-0.4, -0.2) is 43.4 Å². The molecule has 1 aromatic rings. The van der Waals surface area contributed by atoms with E-state index in [0.717, 1.165) is 30.4 Å². The van der Waals surface area contributed by atoms with Crippen molar-refractivity contribution in [2.24, 2.45) is 5.92 Å². The van der Waals surface area contributed by atoms with E-state index in [-0.39, 0.29) is 19.1 Å². The standard InChI is InChI=1S/C16H23BrN2O3/c17-14-3-1-2-4-15(14)22-11-13(20)10-19-16(21)6-5-12-7-8-18-9-12/h1-4,12-13,18,20H,5-11H2,(H,19,21).